The van der Waals surface area contributed by atoms with Crippen LogP contribution in [0.2, 0.25) is 0 Å². The van der Waals surface area contributed by atoms with E-state index in [1.165, 1.54) is 18.2 Å². The first-order valence-corrected chi connectivity index (χ1v) is 11.4. The summed E-state index contributed by atoms with van der Waals surface area (Å²) in [6.45, 7) is 1.91. The minimum atomic E-state index is -4.33. The van der Waals surface area contributed by atoms with Crippen LogP contribution in [-0.2, 0) is 16.5 Å². The van der Waals surface area contributed by atoms with Gasteiger partial charge < -0.3 is 5.11 Å². The molecule has 4 aromatic rings. The van der Waals surface area contributed by atoms with Crippen molar-refractivity contribution >= 4 is 43.8 Å². The zero-order valence-electron chi connectivity index (χ0n) is 17.5. The molecule has 3 aromatic carbocycles. The highest BCUT2D eigenvalue weighted by molar-refractivity contribution is 7.85. The molecule has 9 nitrogen and oxygen atoms in total. The summed E-state index contributed by atoms with van der Waals surface area (Å²) in [5.74, 6) is 0.0765. The molecule has 0 spiro atoms. The standard InChI is InChI=1S/C23H19N5O4S/c1-2-15-5-10-18(33(30,31)32)14-21(15)28-26-17-8-6-16(7-9-17)25-27-20-11-12-22(29)23-19(20)4-3-13-24-23/h3-14,29H,2H2,1H3,(H,30,31,32). The Bertz CT molecular complexity index is 1480. The number of phenols is 1. The van der Waals surface area contributed by atoms with Crippen LogP contribution in [0.5, 0.6) is 5.75 Å². The van der Waals surface area contributed by atoms with Gasteiger partial charge in [0.05, 0.1) is 27.6 Å². The van der Waals surface area contributed by atoms with E-state index in [4.69, 9.17) is 0 Å². The minimum Gasteiger partial charge on any atom is -0.506 e. The number of phenolic OH excluding ortho intramolecular Hbond substituents is 1. The highest BCUT2D eigenvalue weighted by Crippen LogP contribution is 2.32. The Labute approximate surface area is 189 Å². The molecule has 0 unspecified atom stereocenters. The molecule has 4 rings (SSSR count). The summed E-state index contributed by atoms with van der Waals surface area (Å²) in [4.78, 5) is 3.93. The summed E-state index contributed by atoms with van der Waals surface area (Å²) in [6, 6.07) is 17.8. The van der Waals surface area contributed by atoms with E-state index < -0.39 is 10.1 Å². The third kappa shape index (κ3) is 5.08. The van der Waals surface area contributed by atoms with Crippen LogP contribution in [0.15, 0.2) is 98.3 Å². The van der Waals surface area contributed by atoms with Crippen LogP contribution < -0.4 is 0 Å². The van der Waals surface area contributed by atoms with Gasteiger partial charge in [-0.3, -0.25) is 9.54 Å². The summed E-state index contributed by atoms with van der Waals surface area (Å²) in [5.41, 5.74) is 3.31. The molecule has 0 saturated carbocycles. The number of aromatic nitrogens is 1. The largest absolute Gasteiger partial charge is 0.506 e. The van der Waals surface area contributed by atoms with Gasteiger partial charge in [0.25, 0.3) is 10.1 Å². The van der Waals surface area contributed by atoms with Crippen molar-refractivity contribution in [2.24, 2.45) is 20.5 Å². The maximum atomic E-state index is 11.4. The Balaban J connectivity index is 1.55. The number of aromatic hydroxyl groups is 1. The lowest BCUT2D eigenvalue weighted by atomic mass is 10.1. The fraction of sp³-hybridized carbons (Fsp3) is 0.0870. The van der Waals surface area contributed by atoms with Crippen LogP contribution in [0.25, 0.3) is 10.9 Å². The number of azo groups is 2. The molecule has 1 heterocycles. The van der Waals surface area contributed by atoms with Gasteiger partial charge in [0.1, 0.15) is 11.3 Å². The average molecular weight is 462 g/mol. The van der Waals surface area contributed by atoms with E-state index in [0.29, 0.717) is 40.1 Å². The maximum Gasteiger partial charge on any atom is 0.294 e. The number of fused-ring (bicyclic) bond motifs is 1. The van der Waals surface area contributed by atoms with E-state index in [1.807, 2.05) is 13.0 Å². The number of aryl methyl sites for hydroxylation is 1. The molecule has 2 N–H and O–H groups in total. The normalized spacial score (nSPS) is 12.2. The SMILES string of the molecule is CCc1ccc(S(=O)(=O)O)cc1N=Nc1ccc(N=Nc2ccc(O)c3ncccc23)cc1. The van der Waals surface area contributed by atoms with Gasteiger partial charge in [0, 0.05) is 11.6 Å². The smallest absolute Gasteiger partial charge is 0.294 e. The van der Waals surface area contributed by atoms with E-state index in [1.54, 1.807) is 48.7 Å². The fourth-order valence-corrected chi connectivity index (χ4v) is 3.64. The Morgan fingerprint density at radius 2 is 1.52 bits per heavy atom. The van der Waals surface area contributed by atoms with Crippen molar-refractivity contribution in [3.63, 3.8) is 0 Å². The molecule has 0 aliphatic rings. The Morgan fingerprint density at radius 3 is 2.15 bits per heavy atom. The Kier molecular flexibility index (Phi) is 6.20. The highest BCUT2D eigenvalue weighted by atomic mass is 32.2. The van der Waals surface area contributed by atoms with Crippen molar-refractivity contribution in [3.8, 4) is 5.75 Å². The maximum absolute atomic E-state index is 11.4. The minimum absolute atomic E-state index is 0.0765. The lowest BCUT2D eigenvalue weighted by Crippen LogP contribution is -1.98. The van der Waals surface area contributed by atoms with Crippen LogP contribution in [-0.4, -0.2) is 23.1 Å². The number of hydrogen-bond donors (Lipinski definition) is 2. The van der Waals surface area contributed by atoms with E-state index in [-0.39, 0.29) is 10.6 Å². The van der Waals surface area contributed by atoms with Gasteiger partial charge in [-0.15, -0.1) is 5.11 Å². The Morgan fingerprint density at radius 1 is 0.848 bits per heavy atom. The van der Waals surface area contributed by atoms with Crippen LogP contribution in [0.3, 0.4) is 0 Å². The highest BCUT2D eigenvalue weighted by Gasteiger charge is 2.12. The predicted octanol–water partition coefficient (Wildman–Crippen LogP) is 6.58. The van der Waals surface area contributed by atoms with E-state index in [0.717, 1.165) is 5.56 Å². The first-order chi connectivity index (χ1) is 15.8. The zero-order valence-corrected chi connectivity index (χ0v) is 18.3. The van der Waals surface area contributed by atoms with Crippen molar-refractivity contribution in [1.29, 1.82) is 0 Å². The van der Waals surface area contributed by atoms with Crippen molar-refractivity contribution in [1.82, 2.24) is 4.98 Å². The van der Waals surface area contributed by atoms with Crippen molar-refractivity contribution in [3.05, 3.63) is 78.5 Å². The topological polar surface area (TPSA) is 137 Å². The second kappa shape index (κ2) is 9.23. The number of rotatable bonds is 6. The van der Waals surface area contributed by atoms with Gasteiger partial charge in [0.15, 0.2) is 0 Å². The summed E-state index contributed by atoms with van der Waals surface area (Å²) in [6.07, 6.45) is 2.22. The molecule has 1 aromatic heterocycles. The summed E-state index contributed by atoms with van der Waals surface area (Å²) >= 11 is 0. The van der Waals surface area contributed by atoms with Crippen molar-refractivity contribution in [2.45, 2.75) is 18.2 Å². The molecule has 166 valence electrons. The number of nitrogens with zero attached hydrogens (tertiary/aromatic N) is 5. The molecule has 0 aliphatic carbocycles. The molecule has 0 saturated heterocycles. The quantitative estimate of drug-likeness (QED) is 0.247. The third-order valence-corrected chi connectivity index (χ3v) is 5.71. The molecule has 0 radical (unpaired) electrons. The lowest BCUT2D eigenvalue weighted by molar-refractivity contribution is 0.480. The van der Waals surface area contributed by atoms with Gasteiger partial charge in [-0.1, -0.05) is 13.0 Å². The molecule has 10 heteroatoms. The number of benzene rings is 3. The Hall–Kier alpha value is -4.02. The van der Waals surface area contributed by atoms with Crippen molar-refractivity contribution < 1.29 is 18.1 Å². The fourth-order valence-electron chi connectivity index (χ4n) is 3.14. The molecular weight excluding hydrogens is 442 g/mol. The number of hydrogen-bond acceptors (Lipinski definition) is 8. The van der Waals surface area contributed by atoms with Gasteiger partial charge in [-0.25, -0.2) is 0 Å². The lowest BCUT2D eigenvalue weighted by Gasteiger charge is -2.04. The van der Waals surface area contributed by atoms with Crippen molar-refractivity contribution in [2.75, 3.05) is 0 Å². The third-order valence-electron chi connectivity index (χ3n) is 4.86. The van der Waals surface area contributed by atoms with Gasteiger partial charge >= 0.3 is 0 Å². The summed E-state index contributed by atoms with van der Waals surface area (Å²) in [7, 11) is -4.33. The average Bonchev–Trinajstić information content (AvgIpc) is 2.82. The predicted molar refractivity (Wildman–Crippen MR) is 124 cm³/mol. The molecule has 0 aliphatic heterocycles. The van der Waals surface area contributed by atoms with Crippen LogP contribution in [0.4, 0.5) is 22.7 Å². The summed E-state index contributed by atoms with van der Waals surface area (Å²) in [5, 5.41) is 27.4. The molecule has 0 atom stereocenters. The molecule has 33 heavy (non-hydrogen) atoms. The molecule has 0 amide bonds. The van der Waals surface area contributed by atoms with E-state index >= 15 is 0 Å². The van der Waals surface area contributed by atoms with Gasteiger partial charge in [-0.05, 0) is 72.6 Å². The monoisotopic (exact) mass is 461 g/mol. The second-order valence-electron chi connectivity index (χ2n) is 7.04. The van der Waals surface area contributed by atoms with Crippen LogP contribution in [0.1, 0.15) is 12.5 Å². The second-order valence-corrected chi connectivity index (χ2v) is 8.46. The van der Waals surface area contributed by atoms with Gasteiger partial charge in [-0.2, -0.15) is 23.8 Å². The first kappa shape index (κ1) is 22.2. The number of pyridine rings is 1. The first-order valence-electron chi connectivity index (χ1n) is 9.96. The molecular formula is C23H19N5O4S. The molecule has 0 bridgehead atoms. The van der Waals surface area contributed by atoms with E-state index in [9.17, 15) is 18.1 Å². The zero-order chi connectivity index (χ0) is 23.4. The molecule has 0 fully saturated rings. The van der Waals surface area contributed by atoms with Gasteiger partial charge in [0.2, 0.25) is 0 Å². The summed E-state index contributed by atoms with van der Waals surface area (Å²) < 4.78 is 32.1. The van der Waals surface area contributed by atoms with Crippen LogP contribution in [0, 0.1) is 0 Å². The van der Waals surface area contributed by atoms with E-state index in [2.05, 4.69) is 25.4 Å². The van der Waals surface area contributed by atoms with Crippen LogP contribution >= 0.6 is 0 Å².